The van der Waals surface area contributed by atoms with E-state index in [0.29, 0.717) is 16.9 Å². The number of hydrogen-bond donors (Lipinski definition) is 2. The average Bonchev–Trinajstić information content (AvgIpc) is 2.98. The van der Waals surface area contributed by atoms with Gasteiger partial charge >= 0.3 is 0 Å². The fraction of sp³-hybridized carbons (Fsp3) is 0.227. The SMILES string of the molecule is Cc1cccc(C(=O)NC2C(=O)Nc3c(c(C)nn3C)C2c2ccc(F)c(Br)c2)c1. The monoisotopic (exact) mass is 470 g/mol. The van der Waals surface area contributed by atoms with E-state index < -0.39 is 17.8 Å². The Balaban J connectivity index is 1.80. The number of carbonyl (C=O) groups excluding carboxylic acids is 2. The standard InChI is InChI=1S/C22H20BrFN4O2/c1-11-5-4-6-14(9-11)21(29)25-19-18(13-7-8-16(24)15(23)10-13)17-12(2)27-28(3)20(17)26-22(19)30/h4-10,18-19H,1-3H3,(H,25,29)(H,26,30). The number of aromatic nitrogens is 2. The number of nitrogens with one attached hydrogen (secondary N) is 2. The number of benzene rings is 2. The topological polar surface area (TPSA) is 76.0 Å². The van der Waals surface area contributed by atoms with Crippen molar-refractivity contribution in [3.8, 4) is 0 Å². The van der Waals surface area contributed by atoms with Gasteiger partial charge in [0.05, 0.1) is 10.2 Å². The van der Waals surface area contributed by atoms with E-state index in [0.717, 1.165) is 16.8 Å². The van der Waals surface area contributed by atoms with Crippen molar-refractivity contribution in [2.24, 2.45) is 7.05 Å². The van der Waals surface area contributed by atoms with Crippen LogP contribution in [-0.2, 0) is 11.8 Å². The van der Waals surface area contributed by atoms with Crippen molar-refractivity contribution in [3.05, 3.63) is 80.7 Å². The number of carbonyl (C=O) groups is 2. The molecule has 8 heteroatoms. The maximum absolute atomic E-state index is 13.9. The van der Waals surface area contributed by atoms with Crippen LogP contribution in [0.4, 0.5) is 10.2 Å². The highest BCUT2D eigenvalue weighted by Crippen LogP contribution is 2.40. The molecule has 0 spiro atoms. The van der Waals surface area contributed by atoms with Gasteiger partial charge in [-0.2, -0.15) is 5.10 Å². The molecule has 0 fully saturated rings. The lowest BCUT2D eigenvalue weighted by Gasteiger charge is -2.32. The molecule has 2 N–H and O–H groups in total. The molecule has 0 aliphatic carbocycles. The molecule has 1 aliphatic rings. The van der Waals surface area contributed by atoms with Crippen LogP contribution in [0.5, 0.6) is 0 Å². The Bertz CT molecular complexity index is 1170. The van der Waals surface area contributed by atoms with Crippen LogP contribution >= 0.6 is 15.9 Å². The van der Waals surface area contributed by atoms with Gasteiger partial charge in [-0.25, -0.2) is 4.39 Å². The minimum absolute atomic E-state index is 0.290. The van der Waals surface area contributed by atoms with Crippen molar-refractivity contribution >= 4 is 33.6 Å². The summed E-state index contributed by atoms with van der Waals surface area (Å²) in [4.78, 5) is 26.0. The van der Waals surface area contributed by atoms with Gasteiger partial charge in [-0.1, -0.05) is 23.8 Å². The highest BCUT2D eigenvalue weighted by molar-refractivity contribution is 9.10. The summed E-state index contributed by atoms with van der Waals surface area (Å²) < 4.78 is 15.8. The van der Waals surface area contributed by atoms with Crippen molar-refractivity contribution < 1.29 is 14.0 Å². The summed E-state index contributed by atoms with van der Waals surface area (Å²) in [6.45, 7) is 3.75. The van der Waals surface area contributed by atoms with E-state index in [1.165, 1.54) is 6.07 Å². The molecule has 0 bridgehead atoms. The van der Waals surface area contributed by atoms with Gasteiger partial charge in [0.1, 0.15) is 17.7 Å². The van der Waals surface area contributed by atoms with Crippen LogP contribution in [0.1, 0.15) is 38.7 Å². The smallest absolute Gasteiger partial charge is 0.251 e. The molecule has 2 aromatic carbocycles. The highest BCUT2D eigenvalue weighted by Gasteiger charge is 2.41. The Morgan fingerprint density at radius 1 is 1.23 bits per heavy atom. The van der Waals surface area contributed by atoms with Gasteiger partial charge in [0.2, 0.25) is 5.91 Å². The zero-order chi connectivity index (χ0) is 21.6. The molecule has 30 heavy (non-hydrogen) atoms. The number of nitrogens with zero attached hydrogens (tertiary/aromatic N) is 2. The van der Waals surface area contributed by atoms with Gasteiger partial charge in [-0.05, 0) is 59.6 Å². The summed E-state index contributed by atoms with van der Waals surface area (Å²) in [5, 5.41) is 10.2. The number of halogens is 2. The minimum atomic E-state index is -0.884. The molecule has 0 saturated heterocycles. The molecule has 0 radical (unpaired) electrons. The molecule has 2 heterocycles. The number of aryl methyl sites for hydroxylation is 3. The van der Waals surface area contributed by atoms with E-state index >= 15 is 0 Å². The summed E-state index contributed by atoms with van der Waals surface area (Å²) >= 11 is 3.22. The fourth-order valence-corrected chi connectivity index (χ4v) is 4.33. The van der Waals surface area contributed by atoms with Crippen LogP contribution in [0, 0.1) is 19.7 Å². The van der Waals surface area contributed by atoms with Gasteiger partial charge < -0.3 is 10.6 Å². The zero-order valence-electron chi connectivity index (χ0n) is 16.7. The molecule has 154 valence electrons. The fourth-order valence-electron chi connectivity index (χ4n) is 3.93. The van der Waals surface area contributed by atoms with Crippen molar-refractivity contribution in [3.63, 3.8) is 0 Å². The second-order valence-electron chi connectivity index (χ2n) is 7.43. The van der Waals surface area contributed by atoms with E-state index in [4.69, 9.17) is 0 Å². The van der Waals surface area contributed by atoms with E-state index in [-0.39, 0.29) is 16.3 Å². The number of rotatable bonds is 3. The second-order valence-corrected chi connectivity index (χ2v) is 8.29. The predicted molar refractivity (Wildman–Crippen MR) is 115 cm³/mol. The van der Waals surface area contributed by atoms with Crippen LogP contribution < -0.4 is 10.6 Å². The Kier molecular flexibility index (Phi) is 5.19. The predicted octanol–water partition coefficient (Wildman–Crippen LogP) is 3.82. The molecule has 2 amide bonds. The first-order valence-corrected chi connectivity index (χ1v) is 10.2. The molecule has 2 unspecified atom stereocenters. The van der Waals surface area contributed by atoms with Gasteiger partial charge in [0.15, 0.2) is 0 Å². The molecule has 3 aromatic rings. The third kappa shape index (κ3) is 3.52. The quantitative estimate of drug-likeness (QED) is 0.610. The molecule has 1 aliphatic heterocycles. The average molecular weight is 471 g/mol. The highest BCUT2D eigenvalue weighted by atomic mass is 79.9. The lowest BCUT2D eigenvalue weighted by molar-refractivity contribution is -0.118. The second kappa shape index (κ2) is 7.68. The lowest BCUT2D eigenvalue weighted by atomic mass is 9.82. The van der Waals surface area contributed by atoms with Gasteiger partial charge in [-0.15, -0.1) is 0 Å². The summed E-state index contributed by atoms with van der Waals surface area (Å²) in [6.07, 6.45) is 0. The van der Waals surface area contributed by atoms with Gasteiger partial charge in [0, 0.05) is 24.1 Å². The van der Waals surface area contributed by atoms with Gasteiger partial charge in [0.25, 0.3) is 5.91 Å². The van der Waals surface area contributed by atoms with E-state index in [9.17, 15) is 14.0 Å². The molecule has 6 nitrogen and oxygen atoms in total. The number of anilines is 1. The van der Waals surface area contributed by atoms with Crippen LogP contribution in [0.25, 0.3) is 0 Å². The summed E-state index contributed by atoms with van der Waals surface area (Å²) in [5.41, 5.74) is 3.64. The van der Waals surface area contributed by atoms with Crippen LogP contribution in [0.2, 0.25) is 0 Å². The van der Waals surface area contributed by atoms with E-state index in [1.54, 1.807) is 42.1 Å². The Hall–Kier alpha value is -3.00. The summed E-state index contributed by atoms with van der Waals surface area (Å²) in [6, 6.07) is 10.9. The number of hydrogen-bond acceptors (Lipinski definition) is 3. The van der Waals surface area contributed by atoms with Crippen LogP contribution in [0.3, 0.4) is 0 Å². The Morgan fingerprint density at radius 2 is 2.00 bits per heavy atom. The summed E-state index contributed by atoms with van der Waals surface area (Å²) in [7, 11) is 1.75. The Morgan fingerprint density at radius 3 is 2.70 bits per heavy atom. The van der Waals surface area contributed by atoms with Crippen LogP contribution in [-0.4, -0.2) is 27.6 Å². The van der Waals surface area contributed by atoms with Crippen molar-refractivity contribution in [1.82, 2.24) is 15.1 Å². The number of fused-ring (bicyclic) bond motifs is 1. The first-order chi connectivity index (χ1) is 14.3. The lowest BCUT2D eigenvalue weighted by Crippen LogP contribution is -2.50. The third-order valence-electron chi connectivity index (χ3n) is 5.31. The normalized spacial score (nSPS) is 18.0. The molecule has 1 aromatic heterocycles. The first kappa shape index (κ1) is 20.3. The Labute approximate surface area is 181 Å². The largest absolute Gasteiger partial charge is 0.339 e. The maximum atomic E-state index is 13.9. The van der Waals surface area contributed by atoms with Gasteiger partial charge in [-0.3, -0.25) is 14.3 Å². The molecule has 2 atom stereocenters. The molecular weight excluding hydrogens is 451 g/mol. The zero-order valence-corrected chi connectivity index (χ0v) is 18.2. The maximum Gasteiger partial charge on any atom is 0.251 e. The minimum Gasteiger partial charge on any atom is -0.339 e. The van der Waals surface area contributed by atoms with Crippen molar-refractivity contribution in [2.75, 3.05) is 5.32 Å². The number of amides is 2. The van der Waals surface area contributed by atoms with Crippen molar-refractivity contribution in [1.29, 1.82) is 0 Å². The van der Waals surface area contributed by atoms with Crippen molar-refractivity contribution in [2.45, 2.75) is 25.8 Å². The first-order valence-electron chi connectivity index (χ1n) is 9.43. The van der Waals surface area contributed by atoms with E-state index in [2.05, 4.69) is 31.7 Å². The molecule has 4 rings (SSSR count). The summed E-state index contributed by atoms with van der Waals surface area (Å²) in [5.74, 6) is -1.05. The van der Waals surface area contributed by atoms with Crippen LogP contribution in [0.15, 0.2) is 46.9 Å². The third-order valence-corrected chi connectivity index (χ3v) is 5.91. The van der Waals surface area contributed by atoms with E-state index in [1.807, 2.05) is 19.9 Å². The molecule has 0 saturated carbocycles. The molecular formula is C22H20BrFN4O2.